The molecule has 0 spiro atoms. The number of aromatic nitrogens is 4. The van der Waals surface area contributed by atoms with Gasteiger partial charge in [0, 0.05) is 30.7 Å². The Morgan fingerprint density at radius 2 is 1.76 bits per heavy atom. The second-order valence-electron chi connectivity index (χ2n) is 11.9. The maximum atomic E-state index is 12.6. The molecule has 304 valence electrons. The van der Waals surface area contributed by atoms with Crippen LogP contribution in [0.15, 0.2) is 12.7 Å². The predicted molar refractivity (Wildman–Crippen MR) is 179 cm³/mol. The fourth-order valence-corrected chi connectivity index (χ4v) is 7.96. The molecular weight excluding hydrogens is 817 g/mol. The van der Waals surface area contributed by atoms with Crippen LogP contribution in [0.5, 0.6) is 0 Å². The van der Waals surface area contributed by atoms with E-state index in [4.69, 9.17) is 24.6 Å². The van der Waals surface area contributed by atoms with Gasteiger partial charge >= 0.3 is 29.4 Å². The Labute approximate surface area is 308 Å². The molecule has 0 bridgehead atoms. The maximum absolute atomic E-state index is 12.6. The number of carbonyl (C=O) groups is 4. The minimum Gasteiger partial charge on any atom is -0.481 e. The van der Waals surface area contributed by atoms with Crippen molar-refractivity contribution >= 4 is 75.1 Å². The van der Waals surface area contributed by atoms with Crippen molar-refractivity contribution in [1.82, 2.24) is 30.2 Å². The number of aliphatic carboxylic acids is 1. The molecule has 1 aliphatic heterocycles. The third-order valence-corrected chi connectivity index (χ3v) is 11.0. The number of phosphoric acid groups is 3. The largest absolute Gasteiger partial charge is 0.481 e. The summed E-state index contributed by atoms with van der Waals surface area (Å²) >= 11 is 0.718. The van der Waals surface area contributed by atoms with E-state index in [9.17, 15) is 62.7 Å². The number of thioether (sulfide) groups is 1. The van der Waals surface area contributed by atoms with Gasteiger partial charge in [0.05, 0.1) is 19.5 Å². The summed E-state index contributed by atoms with van der Waals surface area (Å²) in [6, 6.07) is 0. The predicted octanol–water partition coefficient (Wildman–Crippen LogP) is -1.86. The van der Waals surface area contributed by atoms with Gasteiger partial charge in [0.1, 0.15) is 42.7 Å². The number of fused-ring (bicyclic) bond motifs is 1. The number of aliphatic hydroxyl groups is 2. The molecule has 0 saturated carbocycles. The molecule has 54 heavy (non-hydrogen) atoms. The van der Waals surface area contributed by atoms with Gasteiger partial charge in [-0.25, -0.2) is 28.6 Å². The number of amides is 2. The van der Waals surface area contributed by atoms with Crippen molar-refractivity contribution in [3.8, 4) is 0 Å². The monoisotopic (exact) mass is 855 g/mol. The minimum absolute atomic E-state index is 0.0185. The molecule has 1 saturated heterocycles. The molecule has 1 fully saturated rings. The average molecular weight is 856 g/mol. The van der Waals surface area contributed by atoms with Crippen molar-refractivity contribution in [2.24, 2.45) is 5.41 Å². The van der Waals surface area contributed by atoms with E-state index >= 15 is 0 Å². The number of hydrogen-bond acceptors (Lipinski definition) is 19. The molecule has 11 N–H and O–H groups in total. The van der Waals surface area contributed by atoms with Crippen molar-refractivity contribution in [3.05, 3.63) is 12.7 Å². The number of nitrogen functional groups attached to an aromatic ring is 1. The molecule has 26 nitrogen and oxygen atoms in total. The van der Waals surface area contributed by atoms with E-state index in [1.807, 2.05) is 0 Å². The van der Waals surface area contributed by atoms with Crippen molar-refractivity contribution < 1.29 is 90.4 Å². The van der Waals surface area contributed by atoms with E-state index in [0.29, 0.717) is 0 Å². The normalized spacial score (nSPS) is 21.9. The number of nitrogens with one attached hydrogen (secondary N) is 2. The zero-order chi connectivity index (χ0) is 40.6. The van der Waals surface area contributed by atoms with E-state index in [2.05, 4.69) is 34.4 Å². The van der Waals surface area contributed by atoms with Crippen molar-refractivity contribution in [2.75, 3.05) is 37.8 Å². The molecule has 0 aliphatic carbocycles. The Bertz CT molecular complexity index is 1830. The molecule has 3 heterocycles. The first-order chi connectivity index (χ1) is 24.9. The van der Waals surface area contributed by atoms with Crippen LogP contribution in [0.3, 0.4) is 0 Å². The second-order valence-corrected chi connectivity index (χ2v) is 17.2. The lowest BCUT2D eigenvalue weighted by Gasteiger charge is -2.30. The van der Waals surface area contributed by atoms with Crippen molar-refractivity contribution in [2.45, 2.75) is 57.3 Å². The van der Waals surface area contributed by atoms with Gasteiger partial charge in [-0.15, -0.1) is 0 Å². The van der Waals surface area contributed by atoms with E-state index < -0.39 is 102 Å². The molecule has 7 atom stereocenters. The number of carboxylic acids is 1. The van der Waals surface area contributed by atoms with Gasteiger partial charge < -0.3 is 56.0 Å². The first kappa shape index (κ1) is 45.4. The summed E-state index contributed by atoms with van der Waals surface area (Å²) in [4.78, 5) is 97.0. The zero-order valence-corrected chi connectivity index (χ0v) is 31.6. The number of carbonyl (C=O) groups excluding carboxylic acids is 3. The van der Waals surface area contributed by atoms with Gasteiger partial charge in [-0.3, -0.25) is 37.3 Å². The topological polar surface area (TPSA) is 401 Å². The highest BCUT2D eigenvalue weighted by Crippen LogP contribution is 2.61. The number of nitrogens with zero attached hydrogens (tertiary/aromatic N) is 4. The fraction of sp³-hybridized carbons (Fsp3) is 0.625. The Balaban J connectivity index is 1.51. The molecule has 0 radical (unpaired) electrons. The molecule has 3 rings (SSSR count). The molecule has 2 aromatic rings. The summed E-state index contributed by atoms with van der Waals surface area (Å²) in [5.41, 5.74) is 4.19. The van der Waals surface area contributed by atoms with Crippen LogP contribution in [0.25, 0.3) is 11.2 Å². The number of hydrogen-bond donors (Lipinski definition) is 10. The van der Waals surface area contributed by atoms with E-state index in [1.54, 1.807) is 0 Å². The molecule has 30 heteroatoms. The Morgan fingerprint density at radius 1 is 1.09 bits per heavy atom. The first-order valence-corrected chi connectivity index (χ1v) is 20.7. The quantitative estimate of drug-likeness (QED) is 0.0374. The molecule has 2 unspecified atom stereocenters. The van der Waals surface area contributed by atoms with Gasteiger partial charge in [-0.2, -0.15) is 4.31 Å². The number of rotatable bonds is 21. The number of ether oxygens (including phenoxy) is 1. The van der Waals surface area contributed by atoms with E-state index in [-0.39, 0.29) is 42.2 Å². The number of aliphatic hydroxyl groups excluding tert-OH is 2. The number of imidazole rings is 1. The summed E-state index contributed by atoms with van der Waals surface area (Å²) in [7, 11) is -16.4. The standard InChI is InChI=1S/C24H38N7O19P3S/c1-24(2,19(37)22(38)27-4-3-13(32)26-5-6-54-15(35)7-14(33)34)9-47-53(44,45)50-52(42,43)46-8-12-18(49-51(39,40)41)17(36)23(48-12)31-11-30-16-20(25)28-10-29-21(16)31/h10-12,17-19,23,36-37H,3-9H2,1-2H3,(H,26,32)(H,27,38)(H,33,34)(H,42,43)(H,44,45)(H2,25,28,29)(H2,39,40,41)/t12-,17-,18-,19+,23-/m1/s1/i14+2. The van der Waals surface area contributed by atoms with Crippen molar-refractivity contribution in [3.63, 3.8) is 0 Å². The lowest BCUT2D eigenvalue weighted by atomic mass is 9.87. The third-order valence-electron chi connectivity index (χ3n) is 7.06. The third kappa shape index (κ3) is 13.6. The highest BCUT2D eigenvalue weighted by atomic mass is 32.2. The summed E-state index contributed by atoms with van der Waals surface area (Å²) in [5, 5.41) is 34.0. The number of phosphoric ester groups is 3. The molecule has 2 amide bonds. The highest BCUT2D eigenvalue weighted by Gasteiger charge is 2.50. The van der Waals surface area contributed by atoms with Crippen LogP contribution in [0, 0.1) is 5.41 Å². The Hall–Kier alpha value is -2.97. The average Bonchev–Trinajstić information content (AvgIpc) is 3.60. The van der Waals surface area contributed by atoms with E-state index in [1.165, 1.54) is 13.8 Å². The number of nitrogens with two attached hydrogens (primary N) is 1. The van der Waals surface area contributed by atoms with Gasteiger partial charge in [0.25, 0.3) is 0 Å². The van der Waals surface area contributed by atoms with Crippen LogP contribution in [0.1, 0.15) is 32.9 Å². The molecule has 1 aliphatic rings. The van der Waals surface area contributed by atoms with Gasteiger partial charge in [0.2, 0.25) is 11.8 Å². The highest BCUT2D eigenvalue weighted by molar-refractivity contribution is 8.13. The SMILES string of the molecule is CC(C)(COP(=O)(O)OP(=O)(O)OC[C@H]1O[C@@H](n2cnc3c(N)ncnc32)[C@H](O)[C@@H]1OP(=O)(O)O)[C@@H](O)C(=O)NCCC(=O)NCCSC(=O)C[14C](=O)O. The first-order valence-electron chi connectivity index (χ1n) is 15.2. The summed E-state index contributed by atoms with van der Waals surface area (Å²) in [6.45, 7) is 0.132. The van der Waals surface area contributed by atoms with Gasteiger partial charge in [-0.05, 0) is 0 Å². The summed E-state index contributed by atoms with van der Waals surface area (Å²) in [5.74, 6) is -2.80. The smallest absolute Gasteiger partial charge is 0.481 e. The van der Waals surface area contributed by atoms with Crippen LogP contribution in [0.4, 0.5) is 5.82 Å². The fourth-order valence-electron chi connectivity index (χ4n) is 4.47. The summed E-state index contributed by atoms with van der Waals surface area (Å²) < 4.78 is 61.8. The number of anilines is 1. The minimum atomic E-state index is -5.59. The van der Waals surface area contributed by atoms with Crippen LogP contribution in [-0.4, -0.2) is 134 Å². The Morgan fingerprint density at radius 3 is 2.41 bits per heavy atom. The van der Waals surface area contributed by atoms with Crippen LogP contribution in [0.2, 0.25) is 0 Å². The van der Waals surface area contributed by atoms with Gasteiger partial charge in [-0.1, -0.05) is 25.6 Å². The number of carboxylic acid groups (broad SMARTS) is 1. The summed E-state index contributed by atoms with van der Waals surface area (Å²) in [6.07, 6.45) is -7.78. The lowest BCUT2D eigenvalue weighted by molar-refractivity contribution is -0.139. The van der Waals surface area contributed by atoms with Crippen molar-refractivity contribution in [1.29, 1.82) is 0 Å². The molecule has 0 aromatic carbocycles. The molecular formula is C24H38N7O19P3S. The van der Waals surface area contributed by atoms with Crippen LogP contribution in [-0.2, 0) is 55.5 Å². The maximum Gasteiger partial charge on any atom is 0.481 e. The van der Waals surface area contributed by atoms with Crippen LogP contribution >= 0.6 is 35.2 Å². The Kier molecular flexibility index (Phi) is 15.8. The lowest BCUT2D eigenvalue weighted by Crippen LogP contribution is -2.46. The van der Waals surface area contributed by atoms with E-state index in [0.717, 1.165) is 29.0 Å². The zero-order valence-electron chi connectivity index (χ0n) is 28.1. The molecule has 2 aromatic heterocycles. The van der Waals surface area contributed by atoms with Crippen LogP contribution < -0.4 is 16.4 Å². The van der Waals surface area contributed by atoms with Gasteiger partial charge in [0.15, 0.2) is 22.8 Å². The second kappa shape index (κ2) is 18.8.